The van der Waals surface area contributed by atoms with Crippen molar-refractivity contribution in [3.63, 3.8) is 0 Å². The van der Waals surface area contributed by atoms with Crippen LogP contribution < -0.4 is 0 Å². The van der Waals surface area contributed by atoms with Crippen LogP contribution in [0.4, 0.5) is 0 Å². The largest absolute Gasteiger partial charge is 0.478 e. The molecule has 0 aromatic carbocycles. The number of aromatic nitrogens is 1. The quantitative estimate of drug-likeness (QED) is 0.920. The minimum absolute atomic E-state index is 0.0855. The molecule has 2 aliphatic rings. The molecule has 1 N–H and O–H groups in total. The van der Waals surface area contributed by atoms with Crippen molar-refractivity contribution >= 4 is 29.5 Å². The summed E-state index contributed by atoms with van der Waals surface area (Å²) >= 11 is 3.78. The van der Waals surface area contributed by atoms with Crippen molar-refractivity contribution in [3.05, 3.63) is 23.9 Å². The number of aromatic carboxylic acids is 1. The molecule has 0 aliphatic carbocycles. The second kappa shape index (κ2) is 6.58. The van der Waals surface area contributed by atoms with Crippen molar-refractivity contribution in [3.8, 4) is 0 Å². The summed E-state index contributed by atoms with van der Waals surface area (Å²) in [4.78, 5) is 15.1. The third kappa shape index (κ3) is 3.73. The van der Waals surface area contributed by atoms with Crippen LogP contribution in [0.5, 0.6) is 0 Å². The summed E-state index contributed by atoms with van der Waals surface area (Å²) in [5.74, 6) is 1.47. The van der Waals surface area contributed by atoms with Crippen LogP contribution in [0, 0.1) is 0 Å². The summed E-state index contributed by atoms with van der Waals surface area (Å²) in [6.45, 7) is 0.829. The zero-order valence-electron chi connectivity index (χ0n) is 11.8. The van der Waals surface area contributed by atoms with Crippen LogP contribution in [0.25, 0.3) is 0 Å². The van der Waals surface area contributed by atoms with E-state index in [0.29, 0.717) is 5.25 Å². The predicted molar refractivity (Wildman–Crippen MR) is 85.3 cm³/mol. The van der Waals surface area contributed by atoms with Crippen LogP contribution in [0.2, 0.25) is 0 Å². The van der Waals surface area contributed by atoms with Gasteiger partial charge in [-0.25, -0.2) is 9.78 Å². The van der Waals surface area contributed by atoms with Crippen LogP contribution in [-0.4, -0.2) is 45.0 Å². The topological polar surface area (TPSA) is 59.4 Å². The zero-order chi connectivity index (χ0) is 14.7. The van der Waals surface area contributed by atoms with E-state index in [0.717, 1.165) is 37.3 Å². The molecule has 1 spiro atoms. The summed E-state index contributed by atoms with van der Waals surface area (Å²) in [6, 6.07) is 3.44. The van der Waals surface area contributed by atoms with Gasteiger partial charge in [0.2, 0.25) is 0 Å². The molecule has 1 aromatic rings. The Morgan fingerprint density at radius 3 is 2.90 bits per heavy atom. The van der Waals surface area contributed by atoms with Crippen molar-refractivity contribution in [1.82, 2.24) is 4.98 Å². The first-order valence-corrected chi connectivity index (χ1v) is 9.28. The van der Waals surface area contributed by atoms with E-state index < -0.39 is 5.97 Å². The number of nitrogens with zero attached hydrogens (tertiary/aromatic N) is 1. The summed E-state index contributed by atoms with van der Waals surface area (Å²) < 4.78 is 6.10. The highest BCUT2D eigenvalue weighted by Crippen LogP contribution is 2.42. The lowest BCUT2D eigenvalue weighted by Crippen LogP contribution is -2.43. The van der Waals surface area contributed by atoms with Gasteiger partial charge in [0.25, 0.3) is 0 Å². The lowest BCUT2D eigenvalue weighted by Gasteiger charge is -2.43. The molecular formula is C15H19NO3S2. The molecule has 0 amide bonds. The molecule has 21 heavy (non-hydrogen) atoms. The number of rotatable bonds is 3. The number of ether oxygens (including phenoxy) is 1. The second-order valence-electron chi connectivity index (χ2n) is 5.57. The van der Waals surface area contributed by atoms with Gasteiger partial charge in [0.15, 0.2) is 0 Å². The second-order valence-corrected chi connectivity index (χ2v) is 8.11. The van der Waals surface area contributed by atoms with Crippen LogP contribution in [0.15, 0.2) is 23.4 Å². The minimum atomic E-state index is -0.927. The van der Waals surface area contributed by atoms with E-state index in [4.69, 9.17) is 9.84 Å². The molecule has 0 radical (unpaired) electrons. The maximum absolute atomic E-state index is 10.8. The summed E-state index contributed by atoms with van der Waals surface area (Å²) in [5.41, 5.74) is 0.328. The van der Waals surface area contributed by atoms with Gasteiger partial charge < -0.3 is 9.84 Å². The fourth-order valence-corrected chi connectivity index (χ4v) is 5.36. The maximum atomic E-state index is 10.8. The molecular weight excluding hydrogens is 306 g/mol. The molecule has 1 aromatic heterocycles. The van der Waals surface area contributed by atoms with Crippen molar-refractivity contribution in [2.24, 2.45) is 0 Å². The monoisotopic (exact) mass is 325 g/mol. The normalized spacial score (nSPS) is 24.9. The standard InChI is InChI=1S/C15H19NO3S2/c17-14(18)11-1-2-13(16-10-11)21-12-3-6-19-15(9-12)4-7-20-8-5-15/h1-2,10,12H,3-9H2,(H,17,18). The van der Waals surface area contributed by atoms with Gasteiger partial charge in [-0.3, -0.25) is 0 Å². The molecule has 2 aliphatic heterocycles. The highest BCUT2D eigenvalue weighted by Gasteiger charge is 2.39. The Labute approximate surface area is 133 Å². The first-order chi connectivity index (χ1) is 10.2. The number of carbonyl (C=O) groups is 1. The fraction of sp³-hybridized carbons (Fsp3) is 0.600. The number of pyridine rings is 1. The lowest BCUT2D eigenvalue weighted by molar-refractivity contribution is -0.0805. The average Bonchev–Trinajstić information content (AvgIpc) is 2.49. The Hall–Kier alpha value is -0.720. The van der Waals surface area contributed by atoms with E-state index in [1.54, 1.807) is 17.8 Å². The molecule has 1 atom stereocenters. The Morgan fingerprint density at radius 2 is 2.24 bits per heavy atom. The average molecular weight is 325 g/mol. The highest BCUT2D eigenvalue weighted by atomic mass is 32.2. The van der Waals surface area contributed by atoms with Crippen molar-refractivity contribution in [2.75, 3.05) is 18.1 Å². The van der Waals surface area contributed by atoms with Gasteiger partial charge in [-0.15, -0.1) is 11.8 Å². The van der Waals surface area contributed by atoms with Crippen LogP contribution in [0.1, 0.15) is 36.0 Å². The molecule has 3 heterocycles. The molecule has 0 saturated carbocycles. The number of carboxylic acid groups (broad SMARTS) is 1. The highest BCUT2D eigenvalue weighted by molar-refractivity contribution is 8.00. The number of carboxylic acids is 1. The van der Waals surface area contributed by atoms with E-state index in [9.17, 15) is 4.79 Å². The van der Waals surface area contributed by atoms with Gasteiger partial charge in [0.1, 0.15) is 0 Å². The molecule has 3 rings (SSSR count). The van der Waals surface area contributed by atoms with Crippen molar-refractivity contribution < 1.29 is 14.6 Å². The Balaban J connectivity index is 1.62. The Bertz CT molecular complexity index is 495. The van der Waals surface area contributed by atoms with Gasteiger partial charge in [-0.2, -0.15) is 11.8 Å². The Morgan fingerprint density at radius 1 is 1.43 bits per heavy atom. The van der Waals surface area contributed by atoms with Gasteiger partial charge in [-0.1, -0.05) is 0 Å². The molecule has 6 heteroatoms. The smallest absolute Gasteiger partial charge is 0.337 e. The number of hydrogen-bond acceptors (Lipinski definition) is 5. The van der Waals surface area contributed by atoms with Crippen LogP contribution in [-0.2, 0) is 4.74 Å². The van der Waals surface area contributed by atoms with Crippen molar-refractivity contribution in [1.29, 1.82) is 0 Å². The first kappa shape index (κ1) is 15.2. The van der Waals surface area contributed by atoms with Gasteiger partial charge in [-0.05, 0) is 49.3 Å². The third-order valence-corrected chi connectivity index (χ3v) is 6.33. The molecule has 114 valence electrons. The number of thioether (sulfide) groups is 2. The van der Waals surface area contributed by atoms with E-state index in [1.807, 2.05) is 17.8 Å². The SMILES string of the molecule is O=C(O)c1ccc(SC2CCOC3(CCSCC3)C2)nc1. The molecule has 0 bridgehead atoms. The minimum Gasteiger partial charge on any atom is -0.478 e. The summed E-state index contributed by atoms with van der Waals surface area (Å²) in [5, 5.41) is 10.3. The molecule has 2 fully saturated rings. The molecule has 1 unspecified atom stereocenters. The van der Waals surface area contributed by atoms with E-state index >= 15 is 0 Å². The summed E-state index contributed by atoms with van der Waals surface area (Å²) in [6.07, 6.45) is 5.87. The predicted octanol–water partition coefficient (Wildman–Crippen LogP) is 3.32. The van der Waals surface area contributed by atoms with Gasteiger partial charge >= 0.3 is 5.97 Å². The summed E-state index contributed by atoms with van der Waals surface area (Å²) in [7, 11) is 0. The van der Waals surface area contributed by atoms with E-state index in [2.05, 4.69) is 4.98 Å². The zero-order valence-corrected chi connectivity index (χ0v) is 13.4. The third-order valence-electron chi connectivity index (χ3n) is 4.12. The first-order valence-electron chi connectivity index (χ1n) is 7.25. The Kier molecular flexibility index (Phi) is 4.76. The van der Waals surface area contributed by atoms with E-state index in [1.165, 1.54) is 17.7 Å². The van der Waals surface area contributed by atoms with Crippen LogP contribution >= 0.6 is 23.5 Å². The van der Waals surface area contributed by atoms with Gasteiger partial charge in [0, 0.05) is 18.1 Å². The lowest BCUT2D eigenvalue weighted by atomic mass is 9.88. The van der Waals surface area contributed by atoms with E-state index in [-0.39, 0.29) is 11.2 Å². The van der Waals surface area contributed by atoms with Crippen LogP contribution in [0.3, 0.4) is 0 Å². The number of hydrogen-bond donors (Lipinski definition) is 1. The maximum Gasteiger partial charge on any atom is 0.337 e. The van der Waals surface area contributed by atoms with Gasteiger partial charge in [0.05, 0.1) is 16.2 Å². The fourth-order valence-electron chi connectivity index (χ4n) is 2.92. The van der Waals surface area contributed by atoms with Crippen molar-refractivity contribution in [2.45, 2.75) is 41.6 Å². The molecule has 4 nitrogen and oxygen atoms in total. The molecule has 2 saturated heterocycles.